The Labute approximate surface area is 106 Å². The van der Waals surface area contributed by atoms with E-state index in [1.54, 1.807) is 6.92 Å². The van der Waals surface area contributed by atoms with Gasteiger partial charge in [0.15, 0.2) is 0 Å². The third-order valence-corrected chi connectivity index (χ3v) is 4.17. The van der Waals surface area contributed by atoms with E-state index < -0.39 is 12.0 Å². The number of amides is 2. The molecule has 6 heteroatoms. The maximum Gasteiger partial charge on any atom is 0.326 e. The Morgan fingerprint density at radius 3 is 2.76 bits per heavy atom. The predicted molar refractivity (Wildman–Crippen MR) is 68.3 cm³/mol. The predicted octanol–water partition coefficient (Wildman–Crippen LogP) is 1.43. The molecule has 1 aliphatic heterocycles. The Morgan fingerprint density at radius 1 is 1.47 bits per heavy atom. The lowest BCUT2D eigenvalue weighted by atomic mass is 10.2. The van der Waals surface area contributed by atoms with Crippen LogP contribution in [0.3, 0.4) is 0 Å². The van der Waals surface area contributed by atoms with Crippen LogP contribution in [0.5, 0.6) is 0 Å². The fourth-order valence-electron chi connectivity index (χ4n) is 1.72. The first-order valence-corrected chi connectivity index (χ1v) is 7.07. The summed E-state index contributed by atoms with van der Waals surface area (Å²) in [6.07, 6.45) is 3.99. The molecule has 1 aliphatic rings. The standard InChI is InChI=1S/C11H20N2O3S/c1-2-9(10(14)15)13-11(16)12-7-8-5-3-4-6-17-8/h8-9H,2-7H2,1H3,(H,14,15)(H2,12,13,16)/t8?,9-/m0/s1. The summed E-state index contributed by atoms with van der Waals surface area (Å²) in [5.41, 5.74) is 0. The largest absolute Gasteiger partial charge is 0.480 e. The van der Waals surface area contributed by atoms with E-state index in [1.165, 1.54) is 12.8 Å². The fourth-order valence-corrected chi connectivity index (χ4v) is 2.96. The van der Waals surface area contributed by atoms with Crippen molar-refractivity contribution in [3.05, 3.63) is 0 Å². The molecule has 0 bridgehead atoms. The number of aliphatic carboxylic acids is 1. The second kappa shape index (κ2) is 7.42. The fraction of sp³-hybridized carbons (Fsp3) is 0.818. The van der Waals surface area contributed by atoms with Crippen LogP contribution >= 0.6 is 11.8 Å². The van der Waals surface area contributed by atoms with Gasteiger partial charge in [-0.1, -0.05) is 13.3 Å². The summed E-state index contributed by atoms with van der Waals surface area (Å²) < 4.78 is 0. The van der Waals surface area contributed by atoms with E-state index in [1.807, 2.05) is 11.8 Å². The van der Waals surface area contributed by atoms with Crippen LogP contribution in [-0.2, 0) is 4.79 Å². The van der Waals surface area contributed by atoms with Gasteiger partial charge in [-0.15, -0.1) is 0 Å². The topological polar surface area (TPSA) is 78.4 Å². The minimum absolute atomic E-state index is 0.384. The number of rotatable bonds is 5. The van der Waals surface area contributed by atoms with Crippen LogP contribution in [0.2, 0.25) is 0 Å². The van der Waals surface area contributed by atoms with Crippen LogP contribution in [-0.4, -0.2) is 40.7 Å². The number of urea groups is 1. The molecular formula is C11H20N2O3S. The molecule has 0 radical (unpaired) electrons. The van der Waals surface area contributed by atoms with Crippen LogP contribution in [0.1, 0.15) is 32.6 Å². The molecule has 2 atom stereocenters. The van der Waals surface area contributed by atoms with Crippen molar-refractivity contribution < 1.29 is 14.7 Å². The summed E-state index contributed by atoms with van der Waals surface area (Å²) in [6.45, 7) is 2.35. The molecule has 0 aliphatic carbocycles. The number of carboxylic acid groups (broad SMARTS) is 1. The number of hydrogen-bond acceptors (Lipinski definition) is 3. The SMILES string of the molecule is CC[C@H](NC(=O)NCC1CCCCS1)C(=O)O. The first kappa shape index (κ1) is 14.2. The summed E-state index contributed by atoms with van der Waals surface area (Å²) in [6, 6.07) is -1.18. The van der Waals surface area contributed by atoms with Crippen LogP contribution in [0.4, 0.5) is 4.79 Å². The third-order valence-electron chi connectivity index (χ3n) is 2.78. The van der Waals surface area contributed by atoms with Gasteiger partial charge >= 0.3 is 12.0 Å². The second-order valence-electron chi connectivity index (χ2n) is 4.14. The minimum atomic E-state index is -0.991. The Bertz CT molecular complexity index is 267. The molecular weight excluding hydrogens is 240 g/mol. The van der Waals surface area contributed by atoms with E-state index in [-0.39, 0.29) is 6.03 Å². The lowest BCUT2D eigenvalue weighted by Gasteiger charge is -2.22. The van der Waals surface area contributed by atoms with E-state index in [0.717, 1.165) is 12.2 Å². The van der Waals surface area contributed by atoms with Gasteiger partial charge in [-0.05, 0) is 25.0 Å². The molecule has 0 aromatic rings. The van der Waals surface area contributed by atoms with E-state index in [2.05, 4.69) is 10.6 Å². The van der Waals surface area contributed by atoms with Gasteiger partial charge < -0.3 is 15.7 Å². The summed E-state index contributed by atoms with van der Waals surface area (Å²) in [5.74, 6) is 0.162. The average molecular weight is 260 g/mol. The normalized spacial score (nSPS) is 21.6. The van der Waals surface area contributed by atoms with Crippen molar-refractivity contribution in [3.8, 4) is 0 Å². The van der Waals surface area contributed by atoms with Crippen molar-refractivity contribution in [2.45, 2.75) is 43.9 Å². The molecule has 0 aromatic carbocycles. The number of carbonyl (C=O) groups excluding carboxylic acids is 1. The molecule has 17 heavy (non-hydrogen) atoms. The second-order valence-corrected chi connectivity index (χ2v) is 5.55. The number of nitrogens with one attached hydrogen (secondary N) is 2. The Hall–Kier alpha value is -0.910. The molecule has 98 valence electrons. The highest BCUT2D eigenvalue weighted by molar-refractivity contribution is 7.99. The zero-order valence-electron chi connectivity index (χ0n) is 10.1. The summed E-state index contributed by atoms with van der Waals surface area (Å²) in [4.78, 5) is 22.2. The van der Waals surface area contributed by atoms with Crippen LogP contribution < -0.4 is 10.6 Å². The van der Waals surface area contributed by atoms with E-state index in [4.69, 9.17) is 5.11 Å². The Kier molecular flexibility index (Phi) is 6.18. The molecule has 2 amide bonds. The number of hydrogen-bond donors (Lipinski definition) is 3. The van der Waals surface area contributed by atoms with Crippen LogP contribution in [0.15, 0.2) is 0 Å². The molecule has 1 heterocycles. The van der Waals surface area contributed by atoms with Gasteiger partial charge in [-0.25, -0.2) is 9.59 Å². The van der Waals surface area contributed by atoms with Gasteiger partial charge in [0, 0.05) is 11.8 Å². The highest BCUT2D eigenvalue weighted by Crippen LogP contribution is 2.24. The quantitative estimate of drug-likeness (QED) is 0.699. The zero-order chi connectivity index (χ0) is 12.7. The van der Waals surface area contributed by atoms with Crippen molar-refractivity contribution in [1.29, 1.82) is 0 Å². The monoisotopic (exact) mass is 260 g/mol. The molecule has 0 spiro atoms. The van der Waals surface area contributed by atoms with Gasteiger partial charge in [0.1, 0.15) is 6.04 Å². The Morgan fingerprint density at radius 2 is 2.24 bits per heavy atom. The van der Waals surface area contributed by atoms with Crippen LogP contribution in [0.25, 0.3) is 0 Å². The molecule has 1 unspecified atom stereocenters. The number of carbonyl (C=O) groups is 2. The minimum Gasteiger partial charge on any atom is -0.480 e. The summed E-state index contributed by atoms with van der Waals surface area (Å²) >= 11 is 1.88. The smallest absolute Gasteiger partial charge is 0.326 e. The third kappa shape index (κ3) is 5.30. The van der Waals surface area contributed by atoms with Crippen molar-refractivity contribution in [3.63, 3.8) is 0 Å². The molecule has 3 N–H and O–H groups in total. The zero-order valence-corrected chi connectivity index (χ0v) is 10.9. The summed E-state index contributed by atoms with van der Waals surface area (Å²) in [5, 5.41) is 14.4. The molecule has 5 nitrogen and oxygen atoms in total. The van der Waals surface area contributed by atoms with Gasteiger partial charge in [-0.3, -0.25) is 0 Å². The van der Waals surface area contributed by atoms with E-state index in [9.17, 15) is 9.59 Å². The average Bonchev–Trinajstić information content (AvgIpc) is 2.34. The number of carboxylic acids is 1. The maximum atomic E-state index is 11.5. The highest BCUT2D eigenvalue weighted by atomic mass is 32.2. The number of thioether (sulfide) groups is 1. The van der Waals surface area contributed by atoms with Crippen LogP contribution in [0, 0.1) is 0 Å². The first-order chi connectivity index (χ1) is 8.13. The molecule has 1 rings (SSSR count). The molecule has 0 saturated carbocycles. The molecule has 1 fully saturated rings. The van der Waals surface area contributed by atoms with Gasteiger partial charge in [0.25, 0.3) is 0 Å². The molecule has 1 saturated heterocycles. The van der Waals surface area contributed by atoms with E-state index in [0.29, 0.717) is 18.2 Å². The van der Waals surface area contributed by atoms with Gasteiger partial charge in [0.05, 0.1) is 0 Å². The maximum absolute atomic E-state index is 11.5. The van der Waals surface area contributed by atoms with Crippen molar-refractivity contribution in [1.82, 2.24) is 10.6 Å². The van der Waals surface area contributed by atoms with Crippen molar-refractivity contribution in [2.75, 3.05) is 12.3 Å². The van der Waals surface area contributed by atoms with Crippen molar-refractivity contribution in [2.24, 2.45) is 0 Å². The lowest BCUT2D eigenvalue weighted by Crippen LogP contribution is -2.47. The first-order valence-electron chi connectivity index (χ1n) is 6.02. The van der Waals surface area contributed by atoms with Gasteiger partial charge in [0.2, 0.25) is 0 Å². The Balaban J connectivity index is 2.21. The van der Waals surface area contributed by atoms with Gasteiger partial charge in [-0.2, -0.15) is 11.8 Å². The van der Waals surface area contributed by atoms with E-state index >= 15 is 0 Å². The summed E-state index contributed by atoms with van der Waals surface area (Å²) in [7, 11) is 0. The van der Waals surface area contributed by atoms with Crippen molar-refractivity contribution >= 4 is 23.8 Å². The molecule has 0 aromatic heterocycles. The highest BCUT2D eigenvalue weighted by Gasteiger charge is 2.19. The lowest BCUT2D eigenvalue weighted by molar-refractivity contribution is -0.139.